The van der Waals surface area contributed by atoms with Crippen LogP contribution in [-0.2, 0) is 6.54 Å². The zero-order chi connectivity index (χ0) is 11.5. The highest BCUT2D eigenvalue weighted by Gasteiger charge is 2.11. The van der Waals surface area contributed by atoms with Crippen LogP contribution in [0.3, 0.4) is 0 Å². The Labute approximate surface area is 94.1 Å². The molecule has 0 saturated carbocycles. The molecular weight excluding hydrogens is 204 g/mol. The average Bonchev–Trinajstić information content (AvgIpc) is 2.63. The van der Waals surface area contributed by atoms with Crippen LogP contribution in [0.4, 0.5) is 5.82 Å². The van der Waals surface area contributed by atoms with E-state index in [1.54, 1.807) is 6.33 Å². The molecule has 0 fully saturated rings. The standard InChI is InChI=1S/C10H16N6/c1-4-5-16-10-8(14-15-16)9(11-6-12-10)13-7(2)3/h6-7H,4-5H2,1-3H3,(H,11,12,13). The summed E-state index contributed by atoms with van der Waals surface area (Å²) in [5.74, 6) is 0.752. The van der Waals surface area contributed by atoms with E-state index >= 15 is 0 Å². The fourth-order valence-electron chi connectivity index (χ4n) is 1.53. The van der Waals surface area contributed by atoms with Crippen molar-refractivity contribution in [3.63, 3.8) is 0 Å². The van der Waals surface area contributed by atoms with Crippen molar-refractivity contribution in [1.82, 2.24) is 25.0 Å². The van der Waals surface area contributed by atoms with Crippen LogP contribution >= 0.6 is 0 Å². The number of anilines is 1. The molecular formula is C10H16N6. The largest absolute Gasteiger partial charge is 0.366 e. The molecule has 2 aromatic rings. The Hall–Kier alpha value is -1.72. The molecule has 0 spiro atoms. The van der Waals surface area contributed by atoms with Gasteiger partial charge in [0.15, 0.2) is 17.0 Å². The lowest BCUT2D eigenvalue weighted by atomic mass is 10.4. The summed E-state index contributed by atoms with van der Waals surface area (Å²) in [5.41, 5.74) is 1.53. The van der Waals surface area contributed by atoms with E-state index in [1.807, 2.05) is 4.68 Å². The van der Waals surface area contributed by atoms with Gasteiger partial charge in [-0.3, -0.25) is 0 Å². The number of rotatable bonds is 4. The highest BCUT2D eigenvalue weighted by molar-refractivity contribution is 5.81. The normalized spacial score (nSPS) is 11.2. The van der Waals surface area contributed by atoms with E-state index in [-0.39, 0.29) is 0 Å². The molecule has 0 aromatic carbocycles. The summed E-state index contributed by atoms with van der Waals surface area (Å²) in [7, 11) is 0. The van der Waals surface area contributed by atoms with Gasteiger partial charge >= 0.3 is 0 Å². The van der Waals surface area contributed by atoms with Gasteiger partial charge in [0.25, 0.3) is 0 Å². The summed E-state index contributed by atoms with van der Waals surface area (Å²) in [4.78, 5) is 8.40. The Balaban J connectivity index is 2.44. The van der Waals surface area contributed by atoms with Gasteiger partial charge in [-0.05, 0) is 20.3 Å². The molecule has 0 radical (unpaired) electrons. The van der Waals surface area contributed by atoms with Crippen molar-refractivity contribution in [2.45, 2.75) is 39.8 Å². The van der Waals surface area contributed by atoms with E-state index in [9.17, 15) is 0 Å². The van der Waals surface area contributed by atoms with E-state index in [0.717, 1.165) is 29.9 Å². The fourth-order valence-corrected chi connectivity index (χ4v) is 1.53. The van der Waals surface area contributed by atoms with Crippen LogP contribution in [0.5, 0.6) is 0 Å². The first-order chi connectivity index (χ1) is 7.72. The highest BCUT2D eigenvalue weighted by Crippen LogP contribution is 2.16. The van der Waals surface area contributed by atoms with Gasteiger partial charge < -0.3 is 5.32 Å². The lowest BCUT2D eigenvalue weighted by Gasteiger charge is -2.08. The van der Waals surface area contributed by atoms with Gasteiger partial charge in [0.1, 0.15) is 6.33 Å². The molecule has 0 aliphatic heterocycles. The first-order valence-corrected chi connectivity index (χ1v) is 5.53. The molecule has 1 N–H and O–H groups in total. The summed E-state index contributed by atoms with van der Waals surface area (Å²) in [6.45, 7) is 7.05. The summed E-state index contributed by atoms with van der Waals surface area (Å²) in [6, 6.07) is 0.314. The molecule has 0 aliphatic rings. The number of fused-ring (bicyclic) bond motifs is 1. The molecule has 0 atom stereocenters. The molecule has 0 bridgehead atoms. The number of nitrogens with zero attached hydrogens (tertiary/aromatic N) is 5. The Morgan fingerprint density at radius 3 is 2.88 bits per heavy atom. The van der Waals surface area contributed by atoms with Gasteiger partial charge in [0.2, 0.25) is 0 Å². The third-order valence-corrected chi connectivity index (χ3v) is 2.16. The van der Waals surface area contributed by atoms with E-state index in [2.05, 4.69) is 46.4 Å². The number of hydrogen-bond acceptors (Lipinski definition) is 5. The molecule has 2 aromatic heterocycles. The van der Waals surface area contributed by atoms with Gasteiger partial charge in [-0.1, -0.05) is 12.1 Å². The van der Waals surface area contributed by atoms with E-state index in [0.29, 0.717) is 6.04 Å². The highest BCUT2D eigenvalue weighted by atomic mass is 15.4. The monoisotopic (exact) mass is 220 g/mol. The third-order valence-electron chi connectivity index (χ3n) is 2.16. The van der Waals surface area contributed by atoms with Crippen LogP contribution in [0.1, 0.15) is 27.2 Å². The van der Waals surface area contributed by atoms with Crippen LogP contribution in [0.2, 0.25) is 0 Å². The van der Waals surface area contributed by atoms with Crippen LogP contribution in [0.25, 0.3) is 11.2 Å². The predicted octanol–water partition coefficient (Wildman–Crippen LogP) is 1.45. The zero-order valence-electron chi connectivity index (χ0n) is 9.80. The predicted molar refractivity (Wildman–Crippen MR) is 62.2 cm³/mol. The van der Waals surface area contributed by atoms with Crippen molar-refractivity contribution in [1.29, 1.82) is 0 Å². The smallest absolute Gasteiger partial charge is 0.183 e. The summed E-state index contributed by atoms with van der Waals surface area (Å²) >= 11 is 0. The maximum absolute atomic E-state index is 4.21. The van der Waals surface area contributed by atoms with Crippen LogP contribution in [0.15, 0.2) is 6.33 Å². The number of nitrogens with one attached hydrogen (secondary N) is 1. The van der Waals surface area contributed by atoms with Crippen molar-refractivity contribution >= 4 is 17.0 Å². The topological polar surface area (TPSA) is 68.5 Å². The molecule has 2 rings (SSSR count). The molecule has 6 heteroatoms. The molecule has 0 unspecified atom stereocenters. The Morgan fingerprint density at radius 1 is 1.38 bits per heavy atom. The van der Waals surface area contributed by atoms with Crippen molar-refractivity contribution in [3.05, 3.63) is 6.33 Å². The number of hydrogen-bond donors (Lipinski definition) is 1. The summed E-state index contributed by atoms with van der Waals surface area (Å²) < 4.78 is 1.81. The SMILES string of the molecule is CCCn1nnc2c(NC(C)C)ncnc21. The van der Waals surface area contributed by atoms with Crippen molar-refractivity contribution < 1.29 is 0 Å². The molecule has 0 aliphatic carbocycles. The van der Waals surface area contributed by atoms with Gasteiger partial charge in [-0.25, -0.2) is 14.6 Å². The quantitative estimate of drug-likeness (QED) is 0.844. The molecule has 16 heavy (non-hydrogen) atoms. The first kappa shape index (κ1) is 10.8. The Kier molecular flexibility index (Phi) is 2.98. The van der Waals surface area contributed by atoms with Crippen molar-refractivity contribution in [2.75, 3.05) is 5.32 Å². The van der Waals surface area contributed by atoms with E-state index < -0.39 is 0 Å². The lowest BCUT2D eigenvalue weighted by Crippen LogP contribution is -2.11. The Morgan fingerprint density at radius 2 is 2.19 bits per heavy atom. The zero-order valence-corrected chi connectivity index (χ0v) is 9.80. The minimum absolute atomic E-state index is 0.314. The van der Waals surface area contributed by atoms with Gasteiger partial charge in [0, 0.05) is 12.6 Å². The average molecular weight is 220 g/mol. The van der Waals surface area contributed by atoms with Crippen molar-refractivity contribution in [3.8, 4) is 0 Å². The molecule has 0 amide bonds. The number of aryl methyl sites for hydroxylation is 1. The van der Waals surface area contributed by atoms with E-state index in [1.165, 1.54) is 0 Å². The van der Waals surface area contributed by atoms with Crippen LogP contribution < -0.4 is 5.32 Å². The number of aromatic nitrogens is 5. The summed E-state index contributed by atoms with van der Waals surface area (Å²) in [5, 5.41) is 11.4. The van der Waals surface area contributed by atoms with Gasteiger partial charge in [0.05, 0.1) is 0 Å². The second-order valence-electron chi connectivity index (χ2n) is 4.01. The molecule has 86 valence electrons. The maximum atomic E-state index is 4.21. The first-order valence-electron chi connectivity index (χ1n) is 5.53. The molecule has 2 heterocycles. The lowest BCUT2D eigenvalue weighted by molar-refractivity contribution is 0.591. The third kappa shape index (κ3) is 1.95. The minimum Gasteiger partial charge on any atom is -0.366 e. The second kappa shape index (κ2) is 4.42. The van der Waals surface area contributed by atoms with Crippen molar-refractivity contribution in [2.24, 2.45) is 0 Å². The second-order valence-corrected chi connectivity index (χ2v) is 4.01. The fraction of sp³-hybridized carbons (Fsp3) is 0.600. The summed E-state index contributed by atoms with van der Waals surface area (Å²) in [6.07, 6.45) is 2.55. The molecule has 6 nitrogen and oxygen atoms in total. The van der Waals surface area contributed by atoms with Crippen LogP contribution in [-0.4, -0.2) is 31.0 Å². The maximum Gasteiger partial charge on any atom is 0.183 e. The van der Waals surface area contributed by atoms with E-state index in [4.69, 9.17) is 0 Å². The Bertz CT molecular complexity index is 475. The van der Waals surface area contributed by atoms with Gasteiger partial charge in [-0.15, -0.1) is 5.10 Å². The van der Waals surface area contributed by atoms with Gasteiger partial charge in [-0.2, -0.15) is 0 Å². The minimum atomic E-state index is 0.314. The molecule has 0 saturated heterocycles. The van der Waals surface area contributed by atoms with Crippen LogP contribution in [0, 0.1) is 0 Å².